The van der Waals surface area contributed by atoms with E-state index in [1.807, 2.05) is 13.2 Å². The third kappa shape index (κ3) is 5.57. The second-order valence-corrected chi connectivity index (χ2v) is 8.53. The first kappa shape index (κ1) is 21.3. The fourth-order valence-corrected chi connectivity index (χ4v) is 4.16. The Morgan fingerprint density at radius 1 is 1.28 bits per heavy atom. The van der Waals surface area contributed by atoms with Crippen LogP contribution in [-0.2, 0) is 17.6 Å². The number of anilines is 1. The summed E-state index contributed by atoms with van der Waals surface area (Å²) in [6, 6.07) is 9.87. The summed E-state index contributed by atoms with van der Waals surface area (Å²) in [7, 11) is 1.79. The highest BCUT2D eigenvalue weighted by Gasteiger charge is 2.14. The lowest BCUT2D eigenvalue weighted by Gasteiger charge is -2.14. The molecule has 3 rings (SSSR count). The van der Waals surface area contributed by atoms with Gasteiger partial charge in [-0.1, -0.05) is 36.8 Å². The molecule has 1 N–H and O–H groups in total. The number of hydrogen-bond donors (Lipinski definition) is 1. The number of aryl methyl sites for hydroxylation is 1. The van der Waals surface area contributed by atoms with Gasteiger partial charge in [-0.2, -0.15) is 4.52 Å². The van der Waals surface area contributed by atoms with Crippen molar-refractivity contribution >= 4 is 39.1 Å². The summed E-state index contributed by atoms with van der Waals surface area (Å²) < 4.78 is 1.30. The van der Waals surface area contributed by atoms with Crippen molar-refractivity contribution in [1.29, 1.82) is 0 Å². The third-order valence-electron chi connectivity index (χ3n) is 4.40. The number of hydrogen-bond acceptors (Lipinski definition) is 7. The molecule has 154 valence electrons. The molecule has 0 atom stereocenters. The SMILES string of the molecule is CCCc1cc(=O)n2nc(N(C)CC(=O)NCCc3ccc(SC)cc3)sc2n1. The molecule has 2 aromatic heterocycles. The molecule has 0 aliphatic heterocycles. The number of aromatic nitrogens is 3. The highest BCUT2D eigenvalue weighted by Crippen LogP contribution is 2.20. The molecule has 0 spiro atoms. The van der Waals surface area contributed by atoms with Gasteiger partial charge in [0.25, 0.3) is 5.56 Å². The zero-order valence-electron chi connectivity index (χ0n) is 16.8. The predicted octanol–water partition coefficient (Wildman–Crippen LogP) is 2.62. The Morgan fingerprint density at radius 2 is 2.03 bits per heavy atom. The lowest BCUT2D eigenvalue weighted by molar-refractivity contribution is -0.119. The Balaban J connectivity index is 1.56. The summed E-state index contributed by atoms with van der Waals surface area (Å²) in [5, 5.41) is 7.84. The van der Waals surface area contributed by atoms with Gasteiger partial charge in [0, 0.05) is 30.2 Å². The van der Waals surface area contributed by atoms with Crippen LogP contribution in [0.5, 0.6) is 0 Å². The molecule has 1 amide bonds. The molecule has 0 saturated heterocycles. The second-order valence-electron chi connectivity index (χ2n) is 6.72. The first-order valence-corrected chi connectivity index (χ1v) is 11.5. The van der Waals surface area contributed by atoms with E-state index in [4.69, 9.17) is 0 Å². The molecule has 9 heteroatoms. The number of fused-ring (bicyclic) bond motifs is 1. The van der Waals surface area contributed by atoms with E-state index in [2.05, 4.69) is 39.7 Å². The second kappa shape index (κ2) is 9.89. The van der Waals surface area contributed by atoms with Crippen molar-refractivity contribution in [2.75, 3.05) is 31.3 Å². The van der Waals surface area contributed by atoms with Crippen LogP contribution in [0.2, 0.25) is 0 Å². The molecule has 0 radical (unpaired) electrons. The summed E-state index contributed by atoms with van der Waals surface area (Å²) in [6.45, 7) is 2.79. The average Bonchev–Trinajstić information content (AvgIpc) is 3.14. The molecule has 3 aromatic rings. The number of carbonyl (C=O) groups excluding carboxylic acids is 1. The minimum absolute atomic E-state index is 0.0838. The van der Waals surface area contributed by atoms with E-state index in [1.165, 1.54) is 32.4 Å². The van der Waals surface area contributed by atoms with Crippen LogP contribution < -0.4 is 15.8 Å². The fraction of sp³-hybridized carbons (Fsp3) is 0.400. The Hall–Kier alpha value is -2.39. The molecular formula is C20H25N5O2S2. The maximum Gasteiger partial charge on any atom is 0.275 e. The quantitative estimate of drug-likeness (QED) is 0.525. The van der Waals surface area contributed by atoms with Crippen molar-refractivity contribution in [3.63, 3.8) is 0 Å². The molecule has 0 unspecified atom stereocenters. The highest BCUT2D eigenvalue weighted by atomic mass is 32.2. The van der Waals surface area contributed by atoms with Crippen LogP contribution in [0, 0.1) is 0 Å². The molecule has 1 aromatic carbocycles. The van der Waals surface area contributed by atoms with Crippen LogP contribution in [0.1, 0.15) is 24.6 Å². The average molecular weight is 432 g/mol. The Kier molecular flexibility index (Phi) is 7.27. The van der Waals surface area contributed by atoms with Gasteiger partial charge in [0.1, 0.15) is 0 Å². The maximum absolute atomic E-state index is 12.3. The minimum Gasteiger partial charge on any atom is -0.354 e. The smallest absolute Gasteiger partial charge is 0.275 e. The van der Waals surface area contributed by atoms with E-state index in [1.54, 1.807) is 23.7 Å². The first-order chi connectivity index (χ1) is 14.0. The largest absolute Gasteiger partial charge is 0.354 e. The van der Waals surface area contributed by atoms with Gasteiger partial charge in [-0.3, -0.25) is 9.59 Å². The maximum atomic E-state index is 12.3. The Bertz CT molecular complexity index is 1030. The number of nitrogens with zero attached hydrogens (tertiary/aromatic N) is 4. The zero-order chi connectivity index (χ0) is 20.8. The molecule has 0 saturated carbocycles. The lowest BCUT2D eigenvalue weighted by Crippen LogP contribution is -2.36. The van der Waals surface area contributed by atoms with Crippen molar-refractivity contribution in [3.05, 3.63) is 51.9 Å². The van der Waals surface area contributed by atoms with Crippen LogP contribution in [0.25, 0.3) is 4.96 Å². The van der Waals surface area contributed by atoms with E-state index in [0.29, 0.717) is 16.6 Å². The van der Waals surface area contributed by atoms with Crippen LogP contribution in [0.15, 0.2) is 40.0 Å². The van der Waals surface area contributed by atoms with Gasteiger partial charge in [0.15, 0.2) is 0 Å². The highest BCUT2D eigenvalue weighted by molar-refractivity contribution is 7.98. The van der Waals surface area contributed by atoms with E-state index in [0.717, 1.165) is 25.0 Å². The van der Waals surface area contributed by atoms with Crippen molar-refractivity contribution in [3.8, 4) is 0 Å². The third-order valence-corrected chi connectivity index (χ3v) is 6.16. The number of thioether (sulfide) groups is 1. The number of carbonyl (C=O) groups is 1. The predicted molar refractivity (Wildman–Crippen MR) is 119 cm³/mol. The number of amides is 1. The molecule has 7 nitrogen and oxygen atoms in total. The Morgan fingerprint density at radius 3 is 2.72 bits per heavy atom. The monoisotopic (exact) mass is 431 g/mol. The molecule has 0 fully saturated rings. The minimum atomic E-state index is -0.189. The number of likely N-dealkylation sites (N-methyl/N-ethyl adjacent to an activating group) is 1. The Labute approximate surface area is 178 Å². The van der Waals surface area contributed by atoms with Crippen molar-refractivity contribution < 1.29 is 4.79 Å². The molecular weight excluding hydrogens is 406 g/mol. The normalized spacial score (nSPS) is 11.0. The molecule has 0 aliphatic carbocycles. The van der Waals surface area contributed by atoms with E-state index in [9.17, 15) is 9.59 Å². The first-order valence-electron chi connectivity index (χ1n) is 9.50. The summed E-state index contributed by atoms with van der Waals surface area (Å²) in [4.78, 5) is 32.5. The van der Waals surface area contributed by atoms with E-state index >= 15 is 0 Å². The van der Waals surface area contributed by atoms with Crippen LogP contribution in [0.4, 0.5) is 5.13 Å². The topological polar surface area (TPSA) is 79.6 Å². The van der Waals surface area contributed by atoms with Gasteiger partial charge in [0.05, 0.1) is 6.54 Å². The van der Waals surface area contributed by atoms with E-state index < -0.39 is 0 Å². The summed E-state index contributed by atoms with van der Waals surface area (Å²) in [5.74, 6) is -0.0838. The van der Waals surface area contributed by atoms with Gasteiger partial charge >= 0.3 is 0 Å². The summed E-state index contributed by atoms with van der Waals surface area (Å²) in [5.41, 5.74) is 1.78. The van der Waals surface area contributed by atoms with Crippen molar-refractivity contribution in [2.45, 2.75) is 31.1 Å². The molecule has 0 aliphatic rings. The zero-order valence-corrected chi connectivity index (χ0v) is 18.5. The fourth-order valence-electron chi connectivity index (χ4n) is 2.86. The number of nitrogens with one attached hydrogen (secondary N) is 1. The molecule has 29 heavy (non-hydrogen) atoms. The standard InChI is InChI=1S/C20H25N5O2S2/c1-4-5-15-12-18(27)25-19(22-15)29-20(23-25)24(2)13-17(26)21-11-10-14-6-8-16(28-3)9-7-14/h6-9,12H,4-5,10-11,13H2,1-3H3,(H,21,26). The van der Waals surface area contributed by atoms with Crippen molar-refractivity contribution in [2.24, 2.45) is 0 Å². The number of benzene rings is 1. The molecule has 2 heterocycles. The van der Waals surface area contributed by atoms with Crippen LogP contribution in [0.3, 0.4) is 0 Å². The lowest BCUT2D eigenvalue weighted by atomic mass is 10.1. The molecule has 0 bridgehead atoms. The van der Waals surface area contributed by atoms with E-state index in [-0.39, 0.29) is 18.0 Å². The van der Waals surface area contributed by atoms with Gasteiger partial charge in [-0.25, -0.2) is 4.98 Å². The number of rotatable bonds is 9. The van der Waals surface area contributed by atoms with Crippen molar-refractivity contribution in [1.82, 2.24) is 19.9 Å². The van der Waals surface area contributed by atoms with Gasteiger partial charge < -0.3 is 10.2 Å². The van der Waals surface area contributed by atoms with Gasteiger partial charge in [-0.15, -0.1) is 16.9 Å². The van der Waals surface area contributed by atoms with Gasteiger partial charge in [-0.05, 0) is 36.8 Å². The summed E-state index contributed by atoms with van der Waals surface area (Å²) in [6.07, 6.45) is 4.52. The van der Waals surface area contributed by atoms with Crippen LogP contribution >= 0.6 is 23.1 Å². The van der Waals surface area contributed by atoms with Crippen LogP contribution in [-0.4, -0.2) is 46.9 Å². The summed E-state index contributed by atoms with van der Waals surface area (Å²) >= 11 is 3.02. The van der Waals surface area contributed by atoms with Gasteiger partial charge in [0.2, 0.25) is 16.0 Å².